The Bertz CT molecular complexity index is 1390. The minimum absolute atomic E-state index is 0.136. The Hall–Kier alpha value is -4.10. The molecule has 0 unspecified atom stereocenters. The van der Waals surface area contributed by atoms with Crippen molar-refractivity contribution in [2.24, 2.45) is 0 Å². The zero-order valence-electron chi connectivity index (χ0n) is 16.9. The Morgan fingerprint density at radius 1 is 1.03 bits per heavy atom. The SMILES string of the molecule is O=C(O)C/C(=C/c1cn(-c2ccccc2)nc1-c1cccnc1)c1nc2ccccc2s1. The average molecular weight is 439 g/mol. The van der Waals surface area contributed by atoms with Crippen LogP contribution in [0.1, 0.15) is 17.0 Å². The van der Waals surface area contributed by atoms with E-state index in [0.717, 1.165) is 32.7 Å². The molecule has 0 fully saturated rings. The van der Waals surface area contributed by atoms with Crippen molar-refractivity contribution in [1.29, 1.82) is 0 Å². The normalized spacial score (nSPS) is 11.7. The molecular weight excluding hydrogens is 420 g/mol. The number of thiazole rings is 1. The molecule has 5 aromatic rings. The van der Waals surface area contributed by atoms with E-state index in [2.05, 4.69) is 9.97 Å². The number of aromatic nitrogens is 4. The van der Waals surface area contributed by atoms with Gasteiger partial charge in [-0.25, -0.2) is 9.67 Å². The smallest absolute Gasteiger partial charge is 0.307 e. The molecule has 0 bridgehead atoms. The topological polar surface area (TPSA) is 80.9 Å². The van der Waals surface area contributed by atoms with Crippen LogP contribution in [0.4, 0.5) is 0 Å². The Kier molecular flexibility index (Phi) is 5.31. The predicted octanol–water partition coefficient (Wildman–Crippen LogP) is 5.56. The van der Waals surface area contributed by atoms with Crippen molar-refractivity contribution in [3.63, 3.8) is 0 Å². The van der Waals surface area contributed by atoms with Gasteiger partial charge in [-0.1, -0.05) is 30.3 Å². The number of pyridine rings is 1. The van der Waals surface area contributed by atoms with Crippen LogP contribution in [0.3, 0.4) is 0 Å². The summed E-state index contributed by atoms with van der Waals surface area (Å²) in [6, 6.07) is 21.4. The largest absolute Gasteiger partial charge is 0.481 e. The molecule has 3 aromatic heterocycles. The van der Waals surface area contributed by atoms with Gasteiger partial charge in [0.05, 0.1) is 22.3 Å². The molecule has 6 nitrogen and oxygen atoms in total. The monoisotopic (exact) mass is 438 g/mol. The Balaban J connectivity index is 1.68. The lowest BCUT2D eigenvalue weighted by molar-refractivity contribution is -0.135. The molecule has 0 saturated carbocycles. The first-order chi connectivity index (χ1) is 15.7. The third-order valence-electron chi connectivity index (χ3n) is 4.94. The van der Waals surface area contributed by atoms with Crippen LogP contribution in [0.15, 0.2) is 85.3 Å². The van der Waals surface area contributed by atoms with Crippen LogP contribution < -0.4 is 0 Å². The van der Waals surface area contributed by atoms with Gasteiger partial charge >= 0.3 is 5.97 Å². The van der Waals surface area contributed by atoms with Crippen molar-refractivity contribution in [3.8, 4) is 16.9 Å². The number of nitrogens with zero attached hydrogens (tertiary/aromatic N) is 4. The number of carbonyl (C=O) groups is 1. The summed E-state index contributed by atoms with van der Waals surface area (Å²) in [5.74, 6) is -0.908. The standard InChI is InChI=1S/C25H18N4O2S/c30-23(31)14-18(25-27-21-10-4-5-11-22(21)32-25)13-19-16-29(20-8-2-1-3-9-20)28-24(19)17-7-6-12-26-15-17/h1-13,15-16H,14H2,(H,30,31)/b18-13-. The molecule has 2 aromatic carbocycles. The van der Waals surface area contributed by atoms with Crippen LogP contribution >= 0.6 is 11.3 Å². The van der Waals surface area contributed by atoms with Gasteiger partial charge in [0.25, 0.3) is 0 Å². The van der Waals surface area contributed by atoms with Crippen LogP contribution in [0.2, 0.25) is 0 Å². The molecule has 0 radical (unpaired) electrons. The van der Waals surface area contributed by atoms with E-state index in [-0.39, 0.29) is 6.42 Å². The third kappa shape index (κ3) is 4.06. The second kappa shape index (κ2) is 8.56. The number of carboxylic acid groups (broad SMARTS) is 1. The Labute approximate surface area is 188 Å². The second-order valence-corrected chi connectivity index (χ2v) is 8.21. The van der Waals surface area contributed by atoms with Crippen LogP contribution in [0.5, 0.6) is 0 Å². The number of rotatable bonds is 6. The molecule has 1 N–H and O–H groups in total. The Morgan fingerprint density at radius 3 is 2.59 bits per heavy atom. The molecule has 7 heteroatoms. The Morgan fingerprint density at radius 2 is 1.84 bits per heavy atom. The molecule has 0 atom stereocenters. The minimum Gasteiger partial charge on any atom is -0.481 e. The van der Waals surface area contributed by atoms with Crippen molar-refractivity contribution >= 4 is 39.2 Å². The maximum Gasteiger partial charge on any atom is 0.307 e. The highest BCUT2D eigenvalue weighted by atomic mass is 32.1. The summed E-state index contributed by atoms with van der Waals surface area (Å²) in [5.41, 5.74) is 4.79. The lowest BCUT2D eigenvalue weighted by atomic mass is 10.1. The molecule has 32 heavy (non-hydrogen) atoms. The fourth-order valence-corrected chi connectivity index (χ4v) is 4.46. The zero-order chi connectivity index (χ0) is 21.9. The van der Waals surface area contributed by atoms with Gasteiger partial charge in [0, 0.05) is 29.7 Å². The van der Waals surface area contributed by atoms with Gasteiger partial charge in [-0.15, -0.1) is 11.3 Å². The van der Waals surface area contributed by atoms with Crippen molar-refractivity contribution < 1.29 is 9.90 Å². The lowest BCUT2D eigenvalue weighted by Crippen LogP contribution is -1.97. The number of hydrogen-bond acceptors (Lipinski definition) is 5. The van der Waals surface area contributed by atoms with E-state index in [1.807, 2.05) is 79.0 Å². The predicted molar refractivity (Wildman–Crippen MR) is 127 cm³/mol. The highest BCUT2D eigenvalue weighted by molar-refractivity contribution is 7.19. The van der Waals surface area contributed by atoms with E-state index in [4.69, 9.17) is 5.10 Å². The fraction of sp³-hybridized carbons (Fsp3) is 0.0400. The maximum atomic E-state index is 11.7. The molecule has 0 aliphatic carbocycles. The summed E-state index contributed by atoms with van der Waals surface area (Å²) < 4.78 is 2.82. The summed E-state index contributed by atoms with van der Waals surface area (Å²) in [7, 11) is 0. The van der Waals surface area contributed by atoms with Gasteiger partial charge in [0.1, 0.15) is 10.7 Å². The van der Waals surface area contributed by atoms with Crippen molar-refractivity contribution in [2.45, 2.75) is 6.42 Å². The lowest BCUT2D eigenvalue weighted by Gasteiger charge is -2.02. The summed E-state index contributed by atoms with van der Waals surface area (Å²) in [4.78, 5) is 20.6. The van der Waals surface area contributed by atoms with Crippen molar-refractivity contribution in [1.82, 2.24) is 19.7 Å². The van der Waals surface area contributed by atoms with Gasteiger partial charge in [0.15, 0.2) is 0 Å². The summed E-state index contributed by atoms with van der Waals surface area (Å²) in [5, 5.41) is 15.1. The average Bonchev–Trinajstić information content (AvgIpc) is 3.44. The molecule has 0 aliphatic rings. The van der Waals surface area contributed by atoms with Crippen LogP contribution in [0, 0.1) is 0 Å². The number of fused-ring (bicyclic) bond motifs is 1. The molecule has 0 aliphatic heterocycles. The van der Waals surface area contributed by atoms with E-state index < -0.39 is 5.97 Å². The second-order valence-electron chi connectivity index (χ2n) is 7.18. The first kappa shape index (κ1) is 19.8. The zero-order valence-corrected chi connectivity index (χ0v) is 17.7. The van der Waals surface area contributed by atoms with Crippen molar-refractivity contribution in [2.75, 3.05) is 0 Å². The minimum atomic E-state index is -0.908. The van der Waals surface area contributed by atoms with Gasteiger partial charge < -0.3 is 5.11 Å². The summed E-state index contributed by atoms with van der Waals surface area (Å²) in [6.07, 6.45) is 7.12. The first-order valence-corrected chi connectivity index (χ1v) is 10.8. The van der Waals surface area contributed by atoms with E-state index in [1.54, 1.807) is 17.1 Å². The highest BCUT2D eigenvalue weighted by Gasteiger charge is 2.16. The molecule has 5 rings (SSSR count). The number of benzene rings is 2. The van der Waals surface area contributed by atoms with E-state index in [0.29, 0.717) is 10.6 Å². The number of hydrogen-bond donors (Lipinski definition) is 1. The van der Waals surface area contributed by atoms with Gasteiger partial charge in [-0.2, -0.15) is 5.10 Å². The number of carboxylic acids is 1. The first-order valence-electron chi connectivity index (χ1n) is 10.0. The van der Waals surface area contributed by atoms with Crippen LogP contribution in [0.25, 0.3) is 38.8 Å². The highest BCUT2D eigenvalue weighted by Crippen LogP contribution is 2.32. The van der Waals surface area contributed by atoms with Crippen LogP contribution in [-0.4, -0.2) is 30.8 Å². The quantitative estimate of drug-likeness (QED) is 0.375. The van der Waals surface area contributed by atoms with Crippen LogP contribution in [-0.2, 0) is 4.79 Å². The third-order valence-corrected chi connectivity index (χ3v) is 6.05. The van der Waals surface area contributed by atoms with Crippen molar-refractivity contribution in [3.05, 3.63) is 95.9 Å². The van der Waals surface area contributed by atoms with Gasteiger partial charge in [-0.3, -0.25) is 9.78 Å². The molecule has 0 amide bonds. The summed E-state index contributed by atoms with van der Waals surface area (Å²) >= 11 is 1.49. The fourth-order valence-electron chi connectivity index (χ4n) is 3.48. The molecule has 0 saturated heterocycles. The number of para-hydroxylation sites is 2. The maximum absolute atomic E-state index is 11.7. The van der Waals surface area contributed by atoms with E-state index >= 15 is 0 Å². The molecule has 3 heterocycles. The van der Waals surface area contributed by atoms with Gasteiger partial charge in [-0.05, 0) is 48.0 Å². The molecular formula is C25H18N4O2S. The van der Waals surface area contributed by atoms with Gasteiger partial charge in [0.2, 0.25) is 0 Å². The van der Waals surface area contributed by atoms with E-state index in [9.17, 15) is 9.90 Å². The molecule has 0 spiro atoms. The number of aliphatic carboxylic acids is 1. The van der Waals surface area contributed by atoms with E-state index in [1.165, 1.54) is 11.3 Å². The summed E-state index contributed by atoms with van der Waals surface area (Å²) in [6.45, 7) is 0. The molecule has 156 valence electrons.